The van der Waals surface area contributed by atoms with E-state index < -0.39 is 29.1 Å². The van der Waals surface area contributed by atoms with E-state index in [0.29, 0.717) is 17.7 Å². The summed E-state index contributed by atoms with van der Waals surface area (Å²) >= 11 is 0. The fourth-order valence-corrected chi connectivity index (χ4v) is 4.41. The highest BCUT2D eigenvalue weighted by Gasteiger charge is 2.44. The molecule has 0 bridgehead atoms. The number of aromatic hydroxyl groups is 1. The lowest BCUT2D eigenvalue weighted by Crippen LogP contribution is -2.43. The molecule has 0 heterocycles. The van der Waals surface area contributed by atoms with Crippen molar-refractivity contribution >= 4 is 17.3 Å². The molecule has 0 amide bonds. The van der Waals surface area contributed by atoms with Crippen LogP contribution in [0.1, 0.15) is 116 Å². The summed E-state index contributed by atoms with van der Waals surface area (Å²) in [6, 6.07) is 6.36. The van der Waals surface area contributed by atoms with E-state index in [-0.39, 0.29) is 52.8 Å². The van der Waals surface area contributed by atoms with Gasteiger partial charge in [0.2, 0.25) is 0 Å². The first-order chi connectivity index (χ1) is 17.1. The Bertz CT molecular complexity index is 1100. The van der Waals surface area contributed by atoms with Crippen LogP contribution in [0.3, 0.4) is 0 Å². The van der Waals surface area contributed by atoms with Gasteiger partial charge in [0.1, 0.15) is 11.4 Å². The summed E-state index contributed by atoms with van der Waals surface area (Å²) in [6.07, 6.45) is -0.117. The fourth-order valence-electron chi connectivity index (χ4n) is 4.41. The molecule has 0 aliphatic heterocycles. The number of phenols is 1. The first kappa shape index (κ1) is 31.2. The predicted octanol–water partition coefficient (Wildman–Crippen LogP) is 4.47. The molecule has 36 heavy (non-hydrogen) atoms. The van der Waals surface area contributed by atoms with Gasteiger partial charge >= 0.3 is 0 Å². The third-order valence-corrected chi connectivity index (χ3v) is 6.16. The van der Waals surface area contributed by atoms with Gasteiger partial charge in [-0.1, -0.05) is 58.9 Å². The number of rotatable bonds is 3. The van der Waals surface area contributed by atoms with Crippen LogP contribution in [0.15, 0.2) is 24.3 Å². The summed E-state index contributed by atoms with van der Waals surface area (Å²) in [5.74, 6) is -1.65. The first-order valence-corrected chi connectivity index (χ1v) is 12.7. The van der Waals surface area contributed by atoms with Crippen molar-refractivity contribution in [3.8, 4) is 5.75 Å². The molecule has 0 spiro atoms. The molecule has 0 aromatic heterocycles. The van der Waals surface area contributed by atoms with Crippen molar-refractivity contribution in [2.24, 2.45) is 0 Å². The molecule has 0 fully saturated rings. The number of carbonyl (C=O) groups is 3. The predicted molar refractivity (Wildman–Crippen MR) is 140 cm³/mol. The fraction of sp³-hybridized carbons (Fsp3) is 0.483. The molecule has 198 valence electrons. The monoisotopic (exact) mass is 500 g/mol. The van der Waals surface area contributed by atoms with E-state index in [1.165, 1.54) is 26.0 Å². The van der Waals surface area contributed by atoms with Crippen molar-refractivity contribution in [1.82, 2.24) is 0 Å². The zero-order valence-electron chi connectivity index (χ0n) is 22.4. The topological polar surface area (TPSA) is 132 Å². The lowest BCUT2D eigenvalue weighted by Gasteiger charge is -2.35. The SMILES string of the molecule is CC.CC.CC(=O)[C@@]1(O)CCc2c(O)c3c(c([C@@H](C)O)c2C1)C(=O)c1ccccc1C3=O.CCCO. The van der Waals surface area contributed by atoms with Gasteiger partial charge in [-0.05, 0) is 49.8 Å². The number of aliphatic hydroxyl groups excluding tert-OH is 2. The highest BCUT2D eigenvalue weighted by molar-refractivity contribution is 6.30. The molecule has 2 aromatic carbocycles. The van der Waals surface area contributed by atoms with Gasteiger partial charge in [-0.2, -0.15) is 0 Å². The molecule has 0 saturated heterocycles. The minimum absolute atomic E-state index is 0.0391. The lowest BCUT2D eigenvalue weighted by atomic mass is 9.70. The van der Waals surface area contributed by atoms with Crippen LogP contribution in [-0.4, -0.2) is 50.0 Å². The van der Waals surface area contributed by atoms with E-state index in [4.69, 9.17) is 5.11 Å². The van der Waals surface area contributed by atoms with Crippen molar-refractivity contribution in [2.75, 3.05) is 6.61 Å². The smallest absolute Gasteiger partial charge is 0.198 e. The van der Waals surface area contributed by atoms with Crippen molar-refractivity contribution in [1.29, 1.82) is 0 Å². The number of fused-ring (bicyclic) bond motifs is 3. The average Bonchev–Trinajstić information content (AvgIpc) is 2.89. The van der Waals surface area contributed by atoms with Gasteiger partial charge in [0.25, 0.3) is 0 Å². The van der Waals surface area contributed by atoms with Gasteiger partial charge < -0.3 is 20.4 Å². The first-order valence-electron chi connectivity index (χ1n) is 12.7. The summed E-state index contributed by atoms with van der Waals surface area (Å²) in [7, 11) is 0. The minimum Gasteiger partial charge on any atom is -0.507 e. The van der Waals surface area contributed by atoms with Crippen LogP contribution in [0, 0.1) is 0 Å². The highest BCUT2D eigenvalue weighted by Crippen LogP contribution is 2.45. The molecule has 7 nitrogen and oxygen atoms in total. The summed E-state index contributed by atoms with van der Waals surface area (Å²) in [6.45, 7) is 13.0. The standard InChI is InChI=1S/C22H20O6.C3H8O.2C2H6/c1-10(23)16-15-9-22(28,11(2)24)8-7-14(15)21(27)18-17(16)19(25)12-5-3-4-6-13(12)20(18)26;1-2-3-4;2*1-2/h3-6,10,23,27-28H,7-9H2,1-2H3;4H,2-3H2,1H3;2*1-2H3/t10-,22-;;;/m1.../s1. The van der Waals surface area contributed by atoms with E-state index in [2.05, 4.69) is 0 Å². The van der Waals surface area contributed by atoms with Crippen LogP contribution >= 0.6 is 0 Å². The van der Waals surface area contributed by atoms with Gasteiger partial charge in [0, 0.05) is 29.7 Å². The molecule has 7 heteroatoms. The molecule has 4 N–H and O–H groups in total. The van der Waals surface area contributed by atoms with Gasteiger partial charge in [-0.3, -0.25) is 14.4 Å². The molecule has 2 aromatic rings. The number of hydrogen-bond acceptors (Lipinski definition) is 7. The van der Waals surface area contributed by atoms with E-state index in [1.807, 2.05) is 34.6 Å². The van der Waals surface area contributed by atoms with Gasteiger partial charge in [0.15, 0.2) is 17.3 Å². The Labute approximate surface area is 213 Å². The number of aliphatic hydroxyl groups is 3. The van der Waals surface area contributed by atoms with Gasteiger partial charge in [-0.25, -0.2) is 0 Å². The van der Waals surface area contributed by atoms with Crippen molar-refractivity contribution in [2.45, 2.75) is 85.9 Å². The Kier molecular flexibility index (Phi) is 11.6. The van der Waals surface area contributed by atoms with Gasteiger partial charge in [-0.15, -0.1) is 0 Å². The molecule has 0 radical (unpaired) electrons. The summed E-state index contributed by atoms with van der Waals surface area (Å²) in [5.41, 5.74) is -0.375. The summed E-state index contributed by atoms with van der Waals surface area (Å²) in [5, 5.41) is 39.9. The second-order valence-corrected chi connectivity index (χ2v) is 8.34. The zero-order chi connectivity index (χ0) is 27.8. The van der Waals surface area contributed by atoms with Crippen molar-refractivity contribution < 1.29 is 34.8 Å². The Balaban J connectivity index is 0.000000725. The van der Waals surface area contributed by atoms with Crippen LogP contribution in [-0.2, 0) is 17.6 Å². The zero-order valence-corrected chi connectivity index (χ0v) is 22.4. The van der Waals surface area contributed by atoms with E-state index in [9.17, 15) is 29.7 Å². The normalized spacial score (nSPS) is 17.9. The number of Topliss-reactive ketones (excluding diaryl/α,β-unsaturated/α-hetero) is 1. The molecule has 2 atom stereocenters. The molecule has 0 unspecified atom stereocenters. The van der Waals surface area contributed by atoms with Crippen LogP contribution in [0.5, 0.6) is 5.75 Å². The van der Waals surface area contributed by atoms with E-state index in [1.54, 1.807) is 12.1 Å². The Morgan fingerprint density at radius 3 is 1.89 bits per heavy atom. The maximum atomic E-state index is 13.2. The van der Waals surface area contributed by atoms with Crippen LogP contribution in [0.2, 0.25) is 0 Å². The Morgan fingerprint density at radius 1 is 1.00 bits per heavy atom. The molecule has 2 aliphatic carbocycles. The second kappa shape index (κ2) is 13.4. The molecule has 0 saturated carbocycles. The minimum atomic E-state index is -1.63. The average molecular weight is 501 g/mol. The summed E-state index contributed by atoms with van der Waals surface area (Å²) < 4.78 is 0. The molecule has 2 aliphatic rings. The largest absolute Gasteiger partial charge is 0.507 e. The highest BCUT2D eigenvalue weighted by atomic mass is 16.3. The van der Waals surface area contributed by atoms with Gasteiger partial charge in [0.05, 0.1) is 11.7 Å². The van der Waals surface area contributed by atoms with Crippen LogP contribution in [0.25, 0.3) is 0 Å². The number of ketones is 3. The summed E-state index contributed by atoms with van der Waals surface area (Å²) in [4.78, 5) is 38.3. The van der Waals surface area contributed by atoms with Crippen LogP contribution < -0.4 is 0 Å². The Hall–Kier alpha value is -2.87. The lowest BCUT2D eigenvalue weighted by molar-refractivity contribution is -0.136. The van der Waals surface area contributed by atoms with Crippen LogP contribution in [0.4, 0.5) is 0 Å². The number of carbonyl (C=O) groups excluding carboxylic acids is 3. The third-order valence-electron chi connectivity index (χ3n) is 6.16. The Morgan fingerprint density at radius 2 is 1.47 bits per heavy atom. The van der Waals surface area contributed by atoms with E-state index in [0.717, 1.165) is 6.42 Å². The van der Waals surface area contributed by atoms with E-state index >= 15 is 0 Å². The quantitative estimate of drug-likeness (QED) is 0.417. The number of phenolic OH excluding ortho intramolecular Hbond substituents is 1. The maximum Gasteiger partial charge on any atom is 0.198 e. The second-order valence-electron chi connectivity index (χ2n) is 8.34. The third kappa shape index (κ3) is 5.75. The van der Waals surface area contributed by atoms with Crippen molar-refractivity contribution in [3.05, 3.63) is 63.2 Å². The molecular weight excluding hydrogens is 460 g/mol. The molecular formula is C29H40O7. The molecule has 4 rings (SSSR count). The number of benzene rings is 2. The maximum absolute atomic E-state index is 13.2. The number of hydrogen-bond donors (Lipinski definition) is 4. The van der Waals surface area contributed by atoms with Crippen molar-refractivity contribution in [3.63, 3.8) is 0 Å².